The van der Waals surface area contributed by atoms with Crippen molar-refractivity contribution < 1.29 is 22.9 Å². The van der Waals surface area contributed by atoms with E-state index >= 15 is 0 Å². The van der Waals surface area contributed by atoms with E-state index in [1.165, 1.54) is 31.4 Å². The summed E-state index contributed by atoms with van der Waals surface area (Å²) in [5, 5.41) is 18.7. The van der Waals surface area contributed by atoms with Crippen molar-refractivity contribution in [3.05, 3.63) is 63.7 Å². The van der Waals surface area contributed by atoms with E-state index in [0.29, 0.717) is 6.42 Å². The van der Waals surface area contributed by atoms with Gasteiger partial charge in [0.25, 0.3) is 5.91 Å². The van der Waals surface area contributed by atoms with Crippen LogP contribution in [0.1, 0.15) is 15.9 Å². The van der Waals surface area contributed by atoms with Gasteiger partial charge in [0.05, 0.1) is 16.9 Å². The number of nitrogens with two attached hydrogens (primary N) is 1. The number of primary sulfonamides is 1. The minimum absolute atomic E-state index is 0.0100. The van der Waals surface area contributed by atoms with E-state index in [4.69, 9.17) is 9.88 Å². The molecule has 9 nitrogen and oxygen atoms in total. The fraction of sp³-hybridized carbons (Fsp3) is 0.188. The molecule has 10 heteroatoms. The Morgan fingerprint density at radius 1 is 1.23 bits per heavy atom. The Hall–Kier alpha value is -2.98. The summed E-state index contributed by atoms with van der Waals surface area (Å²) in [7, 11) is -2.43. The summed E-state index contributed by atoms with van der Waals surface area (Å²) in [6.07, 6.45) is 0.453. The van der Waals surface area contributed by atoms with E-state index in [1.54, 1.807) is 12.1 Å². The Kier molecular flexibility index (Phi) is 5.90. The van der Waals surface area contributed by atoms with Crippen molar-refractivity contribution in [2.45, 2.75) is 11.3 Å². The number of nitrogens with zero attached hydrogens (tertiary/aromatic N) is 1. The Bertz CT molecular complexity index is 926. The van der Waals surface area contributed by atoms with Crippen LogP contribution < -0.4 is 15.2 Å². The summed E-state index contributed by atoms with van der Waals surface area (Å²) in [4.78, 5) is 22.5. The van der Waals surface area contributed by atoms with Crippen LogP contribution in [0.4, 0.5) is 5.69 Å². The molecular weight excluding hydrogens is 362 g/mol. The minimum Gasteiger partial charge on any atom is -0.490 e. The summed E-state index contributed by atoms with van der Waals surface area (Å²) in [6, 6.07) is 9.92. The van der Waals surface area contributed by atoms with Gasteiger partial charge in [0, 0.05) is 18.2 Å². The van der Waals surface area contributed by atoms with Crippen molar-refractivity contribution >= 4 is 21.6 Å². The number of nitrogens with one attached hydrogen (secondary N) is 1. The van der Waals surface area contributed by atoms with Crippen LogP contribution in [0.25, 0.3) is 0 Å². The number of carbonyl (C=O) groups excluding carboxylic acids is 1. The second-order valence-electron chi connectivity index (χ2n) is 5.34. The second-order valence-corrected chi connectivity index (χ2v) is 6.90. The van der Waals surface area contributed by atoms with Crippen molar-refractivity contribution in [3.8, 4) is 5.75 Å². The standard InChI is InChI=1S/C16H17N3O6S/c1-25-15-7-4-12(10-14(15)19(21)22)16(20)18-9-8-11-2-5-13(6-3-11)26(17,23)24/h2-7,10H,8-9H2,1H3,(H,18,20)(H2,17,23,24). The molecule has 0 aromatic heterocycles. The van der Waals surface area contributed by atoms with E-state index in [1.807, 2.05) is 0 Å². The molecule has 0 fully saturated rings. The number of benzene rings is 2. The molecule has 2 rings (SSSR count). The number of ether oxygens (including phenoxy) is 1. The molecular formula is C16H17N3O6S. The fourth-order valence-corrected chi connectivity index (χ4v) is 2.76. The van der Waals surface area contributed by atoms with E-state index in [0.717, 1.165) is 11.6 Å². The maximum absolute atomic E-state index is 12.1. The summed E-state index contributed by atoms with van der Waals surface area (Å²) in [5.74, 6) is -0.390. The Labute approximate surface area is 150 Å². The average Bonchev–Trinajstić information content (AvgIpc) is 2.60. The highest BCUT2D eigenvalue weighted by atomic mass is 32.2. The fourth-order valence-electron chi connectivity index (χ4n) is 2.24. The molecule has 26 heavy (non-hydrogen) atoms. The Morgan fingerprint density at radius 3 is 2.42 bits per heavy atom. The number of amides is 1. The SMILES string of the molecule is COc1ccc(C(=O)NCCc2ccc(S(N)(=O)=O)cc2)cc1[N+](=O)[O-]. The quantitative estimate of drug-likeness (QED) is 0.547. The summed E-state index contributed by atoms with van der Waals surface area (Å²) in [6.45, 7) is 0.271. The maximum atomic E-state index is 12.1. The molecule has 0 spiro atoms. The van der Waals surface area contributed by atoms with Crippen LogP contribution in [0, 0.1) is 10.1 Å². The lowest BCUT2D eigenvalue weighted by Crippen LogP contribution is -2.25. The number of carbonyl (C=O) groups is 1. The molecule has 3 N–H and O–H groups in total. The average molecular weight is 379 g/mol. The highest BCUT2D eigenvalue weighted by Gasteiger charge is 2.18. The lowest BCUT2D eigenvalue weighted by atomic mass is 10.1. The Balaban J connectivity index is 1.99. The number of nitro groups is 1. The van der Waals surface area contributed by atoms with Gasteiger partial charge in [-0.1, -0.05) is 12.1 Å². The number of nitro benzene ring substituents is 1. The van der Waals surface area contributed by atoms with Crippen molar-refractivity contribution in [1.82, 2.24) is 5.32 Å². The first-order valence-corrected chi connectivity index (χ1v) is 8.99. The van der Waals surface area contributed by atoms with E-state index in [9.17, 15) is 23.3 Å². The molecule has 1 amide bonds. The first-order chi connectivity index (χ1) is 12.2. The van der Waals surface area contributed by atoms with Crippen LogP contribution in [0.3, 0.4) is 0 Å². The number of rotatable bonds is 7. The Morgan fingerprint density at radius 2 is 1.88 bits per heavy atom. The first kappa shape index (κ1) is 19.3. The van der Waals surface area contributed by atoms with Gasteiger partial charge in [-0.05, 0) is 36.2 Å². The highest BCUT2D eigenvalue weighted by Crippen LogP contribution is 2.27. The zero-order chi connectivity index (χ0) is 19.3. The largest absolute Gasteiger partial charge is 0.490 e. The normalized spacial score (nSPS) is 11.0. The lowest BCUT2D eigenvalue weighted by molar-refractivity contribution is -0.385. The van der Waals surface area contributed by atoms with Crippen molar-refractivity contribution in [2.75, 3.05) is 13.7 Å². The zero-order valence-electron chi connectivity index (χ0n) is 13.8. The summed E-state index contributed by atoms with van der Waals surface area (Å²) >= 11 is 0. The van der Waals surface area contributed by atoms with Crippen LogP contribution >= 0.6 is 0 Å². The van der Waals surface area contributed by atoms with Crippen molar-refractivity contribution in [1.29, 1.82) is 0 Å². The topological polar surface area (TPSA) is 142 Å². The smallest absolute Gasteiger partial charge is 0.311 e. The number of sulfonamides is 1. The molecule has 0 aliphatic heterocycles. The molecule has 0 atom stereocenters. The van der Waals surface area contributed by atoms with Crippen molar-refractivity contribution in [2.24, 2.45) is 5.14 Å². The van der Waals surface area contributed by atoms with Gasteiger partial charge < -0.3 is 10.1 Å². The molecule has 0 radical (unpaired) electrons. The molecule has 2 aromatic rings. The molecule has 0 unspecified atom stereocenters. The first-order valence-electron chi connectivity index (χ1n) is 7.44. The highest BCUT2D eigenvalue weighted by molar-refractivity contribution is 7.89. The van der Waals surface area contributed by atoms with Gasteiger partial charge in [-0.3, -0.25) is 14.9 Å². The maximum Gasteiger partial charge on any atom is 0.311 e. The summed E-state index contributed by atoms with van der Waals surface area (Å²) < 4.78 is 27.3. The third-order valence-corrected chi connectivity index (χ3v) is 4.52. The molecule has 0 heterocycles. The second kappa shape index (κ2) is 7.93. The number of methoxy groups -OCH3 is 1. The van der Waals surface area contributed by atoms with Crippen molar-refractivity contribution in [3.63, 3.8) is 0 Å². The van der Waals surface area contributed by atoms with Crippen LogP contribution in [-0.2, 0) is 16.4 Å². The van der Waals surface area contributed by atoms with Gasteiger partial charge in [-0.2, -0.15) is 0 Å². The van der Waals surface area contributed by atoms with Crippen LogP contribution in [0.5, 0.6) is 5.75 Å². The van der Waals surface area contributed by atoms with E-state index in [-0.39, 0.29) is 28.4 Å². The number of hydrogen-bond acceptors (Lipinski definition) is 6. The zero-order valence-corrected chi connectivity index (χ0v) is 14.7. The third kappa shape index (κ3) is 4.77. The molecule has 2 aromatic carbocycles. The predicted molar refractivity (Wildman–Crippen MR) is 93.5 cm³/mol. The predicted octanol–water partition coefficient (Wildman–Crippen LogP) is 1.22. The van der Waals surface area contributed by atoms with Crippen LogP contribution in [0.2, 0.25) is 0 Å². The van der Waals surface area contributed by atoms with Gasteiger partial charge in [-0.15, -0.1) is 0 Å². The van der Waals surface area contributed by atoms with Gasteiger partial charge in [0.2, 0.25) is 10.0 Å². The minimum atomic E-state index is -3.74. The number of hydrogen-bond donors (Lipinski definition) is 2. The molecule has 0 saturated carbocycles. The van der Waals surface area contributed by atoms with Gasteiger partial charge in [0.1, 0.15) is 0 Å². The summed E-state index contributed by atoms with van der Waals surface area (Å²) in [5.41, 5.74) is 0.652. The van der Waals surface area contributed by atoms with E-state index in [2.05, 4.69) is 5.32 Å². The lowest BCUT2D eigenvalue weighted by Gasteiger charge is -2.07. The monoisotopic (exact) mass is 379 g/mol. The van der Waals surface area contributed by atoms with Gasteiger partial charge in [-0.25, -0.2) is 13.6 Å². The molecule has 0 bridgehead atoms. The molecule has 138 valence electrons. The van der Waals surface area contributed by atoms with Crippen LogP contribution in [0.15, 0.2) is 47.4 Å². The molecule has 0 aliphatic rings. The van der Waals surface area contributed by atoms with Crippen LogP contribution in [-0.4, -0.2) is 32.9 Å². The van der Waals surface area contributed by atoms with Gasteiger partial charge >= 0.3 is 5.69 Å². The third-order valence-electron chi connectivity index (χ3n) is 3.59. The van der Waals surface area contributed by atoms with Gasteiger partial charge in [0.15, 0.2) is 5.75 Å². The van der Waals surface area contributed by atoms with E-state index < -0.39 is 20.9 Å². The molecule has 0 aliphatic carbocycles. The molecule has 0 saturated heterocycles.